The van der Waals surface area contributed by atoms with Crippen LogP contribution in [0.15, 0.2) is 53.1 Å². The van der Waals surface area contributed by atoms with Gasteiger partial charge in [0.15, 0.2) is 0 Å². The molecule has 0 saturated carbocycles. The Kier molecular flexibility index (Phi) is 8.42. The minimum atomic E-state index is -0.0809. The largest absolute Gasteiger partial charge is 0.497 e. The van der Waals surface area contributed by atoms with Crippen molar-refractivity contribution < 1.29 is 14.1 Å². The van der Waals surface area contributed by atoms with Gasteiger partial charge in [-0.25, -0.2) is 0 Å². The number of hydrogen-bond acceptors (Lipinski definition) is 6. The third-order valence-electron chi connectivity index (χ3n) is 6.36. The van der Waals surface area contributed by atoms with E-state index in [4.69, 9.17) is 20.9 Å². The smallest absolute Gasteiger partial charge is 0.241 e. The number of benzene rings is 2. The number of nitrogens with one attached hydrogen (secondary N) is 1. The minimum Gasteiger partial charge on any atom is -0.497 e. The summed E-state index contributed by atoms with van der Waals surface area (Å²) in [5, 5.41) is 8.00. The first kappa shape index (κ1) is 25.2. The monoisotopic (exact) mass is 496 g/mol. The van der Waals surface area contributed by atoms with Crippen LogP contribution in [-0.4, -0.2) is 41.1 Å². The highest BCUT2D eigenvalue weighted by Gasteiger charge is 2.29. The number of amides is 1. The predicted octanol–water partition coefficient (Wildman–Crippen LogP) is 5.51. The number of nitrogens with zero attached hydrogens (tertiary/aromatic N) is 3. The molecule has 0 radical (unpaired) electrons. The number of carbonyl (C=O) groups is 1. The lowest BCUT2D eigenvalue weighted by Gasteiger charge is -2.32. The maximum Gasteiger partial charge on any atom is 0.241 e. The second kappa shape index (κ2) is 11.7. The summed E-state index contributed by atoms with van der Waals surface area (Å²) in [6.07, 6.45) is 2.69. The minimum absolute atomic E-state index is 0.0297. The summed E-state index contributed by atoms with van der Waals surface area (Å²) in [5.74, 6) is 2.28. The summed E-state index contributed by atoms with van der Waals surface area (Å²) in [7, 11) is 1.66. The zero-order chi connectivity index (χ0) is 24.8. The van der Waals surface area contributed by atoms with Crippen molar-refractivity contribution in [2.45, 2.75) is 45.7 Å². The van der Waals surface area contributed by atoms with Gasteiger partial charge in [0.2, 0.25) is 17.6 Å². The maximum atomic E-state index is 13.3. The molecule has 4 rings (SSSR count). The number of piperidine rings is 1. The Labute approximate surface area is 211 Å². The van der Waals surface area contributed by atoms with Gasteiger partial charge in [-0.15, -0.1) is 0 Å². The lowest BCUT2D eigenvalue weighted by Crippen LogP contribution is -2.43. The van der Waals surface area contributed by atoms with Crippen LogP contribution in [0.5, 0.6) is 5.75 Å². The van der Waals surface area contributed by atoms with E-state index in [9.17, 15) is 4.79 Å². The van der Waals surface area contributed by atoms with Gasteiger partial charge in [-0.3, -0.25) is 9.69 Å². The number of ether oxygens (including phenoxy) is 1. The Morgan fingerprint density at radius 1 is 1.23 bits per heavy atom. The molecule has 1 aliphatic rings. The van der Waals surface area contributed by atoms with Crippen LogP contribution in [0.1, 0.15) is 50.6 Å². The van der Waals surface area contributed by atoms with Crippen LogP contribution in [0.4, 0.5) is 0 Å². The molecular weight excluding hydrogens is 464 g/mol. The van der Waals surface area contributed by atoms with E-state index in [1.165, 1.54) is 0 Å². The van der Waals surface area contributed by atoms with Crippen LogP contribution in [0.25, 0.3) is 11.4 Å². The van der Waals surface area contributed by atoms with Crippen LogP contribution in [0.2, 0.25) is 5.02 Å². The predicted molar refractivity (Wildman–Crippen MR) is 136 cm³/mol. The van der Waals surface area contributed by atoms with Gasteiger partial charge >= 0.3 is 0 Å². The third kappa shape index (κ3) is 6.61. The van der Waals surface area contributed by atoms with Crippen molar-refractivity contribution in [2.75, 3.05) is 20.2 Å². The molecule has 0 spiro atoms. The standard InChI is InChI=1S/C27H33ClN4O3/c1-18(2)15-24(19-10-12-21(34-3)13-11-19)29-27(33)20-7-6-14-32(16-20)17-25-30-26(31-35-25)22-8-4-5-9-23(22)28/h4-5,8-13,18,20,24H,6-7,14-17H2,1-3H3,(H,29,33). The quantitative estimate of drug-likeness (QED) is 0.420. The average molecular weight is 497 g/mol. The Morgan fingerprint density at radius 2 is 2.00 bits per heavy atom. The van der Waals surface area contributed by atoms with Crippen molar-refractivity contribution in [3.63, 3.8) is 0 Å². The molecule has 1 fully saturated rings. The van der Waals surface area contributed by atoms with Crippen LogP contribution in [0.3, 0.4) is 0 Å². The first-order valence-corrected chi connectivity index (χ1v) is 12.5. The first-order chi connectivity index (χ1) is 16.9. The Balaban J connectivity index is 1.38. The molecule has 35 heavy (non-hydrogen) atoms. The summed E-state index contributed by atoms with van der Waals surface area (Å²) in [5.41, 5.74) is 1.84. The maximum absolute atomic E-state index is 13.3. The van der Waals surface area contributed by atoms with Gasteiger partial charge in [0.05, 0.1) is 30.6 Å². The van der Waals surface area contributed by atoms with E-state index in [-0.39, 0.29) is 17.9 Å². The molecule has 1 aliphatic heterocycles. The van der Waals surface area contributed by atoms with Crippen molar-refractivity contribution in [1.29, 1.82) is 0 Å². The Morgan fingerprint density at radius 3 is 2.71 bits per heavy atom. The zero-order valence-electron chi connectivity index (χ0n) is 20.5. The zero-order valence-corrected chi connectivity index (χ0v) is 21.3. The first-order valence-electron chi connectivity index (χ1n) is 12.2. The number of methoxy groups -OCH3 is 1. The summed E-state index contributed by atoms with van der Waals surface area (Å²) in [4.78, 5) is 20.0. The third-order valence-corrected chi connectivity index (χ3v) is 6.69. The summed E-state index contributed by atoms with van der Waals surface area (Å²) in [6.45, 7) is 6.40. The van der Waals surface area contributed by atoms with Crippen LogP contribution in [-0.2, 0) is 11.3 Å². The van der Waals surface area contributed by atoms with Crippen LogP contribution < -0.4 is 10.1 Å². The van der Waals surface area contributed by atoms with Gasteiger partial charge in [0.1, 0.15) is 5.75 Å². The highest BCUT2D eigenvalue weighted by atomic mass is 35.5. The fraction of sp³-hybridized carbons (Fsp3) is 0.444. The van der Waals surface area contributed by atoms with Crippen LogP contribution in [0, 0.1) is 11.8 Å². The highest BCUT2D eigenvalue weighted by molar-refractivity contribution is 6.33. The second-order valence-corrected chi connectivity index (χ2v) is 9.94. The number of hydrogen-bond donors (Lipinski definition) is 1. The number of carbonyl (C=O) groups excluding carboxylic acids is 1. The molecule has 3 aromatic rings. The Hall–Kier alpha value is -2.90. The Bertz CT molecular complexity index is 1120. The molecule has 2 aromatic carbocycles. The number of aromatic nitrogens is 2. The van der Waals surface area contributed by atoms with Crippen molar-refractivity contribution in [3.05, 3.63) is 65.0 Å². The molecule has 8 heteroatoms. The van der Waals surface area contributed by atoms with E-state index in [0.29, 0.717) is 35.7 Å². The number of rotatable bonds is 9. The van der Waals surface area contributed by atoms with Crippen LogP contribution >= 0.6 is 11.6 Å². The van der Waals surface area contributed by atoms with Gasteiger partial charge in [-0.1, -0.05) is 54.9 Å². The fourth-order valence-corrected chi connectivity index (χ4v) is 4.77. The van der Waals surface area contributed by atoms with Gasteiger partial charge in [0.25, 0.3) is 0 Å². The summed E-state index contributed by atoms with van der Waals surface area (Å²) < 4.78 is 10.8. The highest BCUT2D eigenvalue weighted by Crippen LogP contribution is 2.27. The van der Waals surface area contributed by atoms with Gasteiger partial charge in [-0.2, -0.15) is 4.98 Å². The molecule has 186 valence electrons. The van der Waals surface area contributed by atoms with E-state index in [1.54, 1.807) is 13.2 Å². The van der Waals surface area contributed by atoms with E-state index in [0.717, 1.165) is 42.7 Å². The normalized spacial score (nSPS) is 17.3. The molecular formula is C27H33ClN4O3. The van der Waals surface area contributed by atoms with E-state index in [2.05, 4.69) is 34.2 Å². The topological polar surface area (TPSA) is 80.5 Å². The molecule has 1 aromatic heterocycles. The van der Waals surface area contributed by atoms with Gasteiger partial charge in [0, 0.05) is 12.1 Å². The van der Waals surface area contributed by atoms with Crippen molar-refractivity contribution >= 4 is 17.5 Å². The van der Waals surface area contributed by atoms with E-state index < -0.39 is 0 Å². The molecule has 2 heterocycles. The molecule has 0 bridgehead atoms. The lowest BCUT2D eigenvalue weighted by atomic mass is 9.93. The molecule has 2 unspecified atom stereocenters. The second-order valence-electron chi connectivity index (χ2n) is 9.53. The molecule has 0 aliphatic carbocycles. The SMILES string of the molecule is COc1ccc(C(CC(C)C)NC(=O)C2CCCN(Cc3nc(-c4ccccc4Cl)no3)C2)cc1. The van der Waals surface area contributed by atoms with Crippen molar-refractivity contribution in [1.82, 2.24) is 20.4 Å². The molecule has 1 saturated heterocycles. The number of halogens is 1. The van der Waals surface area contributed by atoms with Gasteiger partial charge in [-0.05, 0) is 61.6 Å². The number of likely N-dealkylation sites (tertiary alicyclic amines) is 1. The summed E-state index contributed by atoms with van der Waals surface area (Å²) >= 11 is 6.26. The molecule has 7 nitrogen and oxygen atoms in total. The van der Waals surface area contributed by atoms with Gasteiger partial charge < -0.3 is 14.6 Å². The summed E-state index contributed by atoms with van der Waals surface area (Å²) in [6, 6.07) is 15.4. The molecule has 1 amide bonds. The van der Waals surface area contributed by atoms with Crippen molar-refractivity contribution in [2.24, 2.45) is 11.8 Å². The molecule has 2 atom stereocenters. The van der Waals surface area contributed by atoms with Crippen molar-refractivity contribution in [3.8, 4) is 17.1 Å². The fourth-order valence-electron chi connectivity index (χ4n) is 4.55. The van der Waals surface area contributed by atoms with E-state index >= 15 is 0 Å². The van der Waals surface area contributed by atoms with E-state index in [1.807, 2.05) is 42.5 Å². The lowest BCUT2D eigenvalue weighted by molar-refractivity contribution is -0.127. The molecule has 1 N–H and O–H groups in total. The average Bonchev–Trinajstić information content (AvgIpc) is 3.32.